The summed E-state index contributed by atoms with van der Waals surface area (Å²) in [5.74, 6) is 0.369. The minimum atomic E-state index is -0.505. The van der Waals surface area contributed by atoms with E-state index in [4.69, 9.17) is 0 Å². The monoisotopic (exact) mass is 264 g/mol. The van der Waals surface area contributed by atoms with Crippen LogP contribution in [0, 0.1) is 0 Å². The largest absolute Gasteiger partial charge is 0.333 e. The molecule has 0 spiro atoms. The fourth-order valence-corrected chi connectivity index (χ4v) is 2.77. The smallest absolute Gasteiger partial charge is 0.284 e. The molecule has 1 fully saturated rings. The molecular formula is C13H16N2O2S. The van der Waals surface area contributed by atoms with Crippen molar-refractivity contribution in [2.75, 3.05) is 10.8 Å². The van der Waals surface area contributed by atoms with Gasteiger partial charge in [-0.15, -0.1) is 0 Å². The van der Waals surface area contributed by atoms with Gasteiger partial charge in [-0.3, -0.25) is 9.69 Å². The summed E-state index contributed by atoms with van der Waals surface area (Å²) < 4.78 is 0. The Morgan fingerprint density at radius 2 is 1.72 bits per heavy atom. The van der Waals surface area contributed by atoms with E-state index in [1.165, 1.54) is 4.90 Å². The first-order valence-corrected chi connectivity index (χ1v) is 6.73. The van der Waals surface area contributed by atoms with Gasteiger partial charge in [-0.25, -0.2) is 9.69 Å². The van der Waals surface area contributed by atoms with E-state index in [0.717, 1.165) is 17.4 Å². The zero-order valence-electron chi connectivity index (χ0n) is 10.7. The van der Waals surface area contributed by atoms with Crippen LogP contribution in [-0.2, 0) is 0 Å². The first-order valence-electron chi connectivity index (χ1n) is 5.75. The third-order valence-corrected chi connectivity index (χ3v) is 3.48. The standard InChI is InChI=1S/C13H16N2O2S/c1-13(2,3)15-11(16)14(9-18-12(15)17)10-7-5-4-6-8-10/h4-8H,9H2,1-3H3. The SMILES string of the molecule is CC(C)(C)N1C(=O)SCN(c2ccccc2)C1=O. The molecule has 0 N–H and O–H groups in total. The number of thioether (sulfide) groups is 1. The van der Waals surface area contributed by atoms with Crippen molar-refractivity contribution in [2.45, 2.75) is 26.3 Å². The molecule has 0 aromatic heterocycles. The molecule has 1 aliphatic rings. The normalized spacial score (nSPS) is 17.3. The molecule has 0 bridgehead atoms. The number of para-hydroxylation sites is 1. The van der Waals surface area contributed by atoms with E-state index < -0.39 is 5.54 Å². The fourth-order valence-electron chi connectivity index (χ4n) is 1.79. The first-order chi connectivity index (χ1) is 8.41. The number of carbonyl (C=O) groups excluding carboxylic acids is 2. The van der Waals surface area contributed by atoms with Gasteiger partial charge in [0.25, 0.3) is 5.24 Å². The third-order valence-electron chi connectivity index (χ3n) is 2.66. The number of benzene rings is 1. The molecule has 4 nitrogen and oxygen atoms in total. The van der Waals surface area contributed by atoms with E-state index in [1.54, 1.807) is 4.90 Å². The Bertz CT molecular complexity index is 468. The van der Waals surface area contributed by atoms with Crippen LogP contribution in [0.1, 0.15) is 20.8 Å². The second-order valence-corrected chi connectivity index (χ2v) is 5.99. The highest BCUT2D eigenvalue weighted by Crippen LogP contribution is 2.30. The minimum Gasteiger partial charge on any atom is -0.284 e. The molecule has 3 amide bonds. The average molecular weight is 264 g/mol. The highest BCUT2D eigenvalue weighted by atomic mass is 32.2. The molecule has 1 saturated heterocycles. The number of anilines is 1. The lowest BCUT2D eigenvalue weighted by molar-refractivity contribution is 0.167. The summed E-state index contributed by atoms with van der Waals surface area (Å²) in [6.07, 6.45) is 0. The highest BCUT2D eigenvalue weighted by molar-refractivity contribution is 8.13. The van der Waals surface area contributed by atoms with E-state index in [0.29, 0.717) is 5.88 Å². The van der Waals surface area contributed by atoms with Gasteiger partial charge in [0.15, 0.2) is 0 Å². The predicted octanol–water partition coefficient (Wildman–Crippen LogP) is 3.54. The van der Waals surface area contributed by atoms with Crippen molar-refractivity contribution in [1.82, 2.24) is 4.90 Å². The van der Waals surface area contributed by atoms with E-state index in [-0.39, 0.29) is 11.3 Å². The summed E-state index contributed by atoms with van der Waals surface area (Å²) in [5.41, 5.74) is 0.311. The molecule has 5 heteroatoms. The van der Waals surface area contributed by atoms with Crippen LogP contribution >= 0.6 is 11.8 Å². The lowest BCUT2D eigenvalue weighted by atomic mass is 10.1. The Labute approximate surface area is 111 Å². The number of hydrogen-bond acceptors (Lipinski definition) is 3. The Balaban J connectivity index is 2.32. The van der Waals surface area contributed by atoms with Gasteiger partial charge in [0.2, 0.25) is 0 Å². The molecule has 0 aliphatic carbocycles. The molecule has 2 rings (SSSR count). The molecule has 1 aromatic carbocycles. The maximum absolute atomic E-state index is 12.4. The van der Waals surface area contributed by atoms with Gasteiger partial charge >= 0.3 is 6.03 Å². The fraction of sp³-hybridized carbons (Fsp3) is 0.385. The average Bonchev–Trinajstić information content (AvgIpc) is 2.28. The van der Waals surface area contributed by atoms with Crippen molar-refractivity contribution >= 4 is 28.7 Å². The maximum Gasteiger partial charge on any atom is 0.333 e. The van der Waals surface area contributed by atoms with Crippen molar-refractivity contribution in [3.63, 3.8) is 0 Å². The summed E-state index contributed by atoms with van der Waals surface area (Å²) >= 11 is 1.15. The molecule has 0 radical (unpaired) electrons. The molecule has 0 saturated carbocycles. The van der Waals surface area contributed by atoms with Crippen LogP contribution in [-0.4, -0.2) is 27.6 Å². The molecule has 0 unspecified atom stereocenters. The lowest BCUT2D eigenvalue weighted by Gasteiger charge is -2.40. The van der Waals surface area contributed by atoms with Gasteiger partial charge < -0.3 is 0 Å². The van der Waals surface area contributed by atoms with Crippen LogP contribution in [0.5, 0.6) is 0 Å². The Morgan fingerprint density at radius 3 is 2.28 bits per heavy atom. The predicted molar refractivity (Wildman–Crippen MR) is 73.8 cm³/mol. The molecule has 18 heavy (non-hydrogen) atoms. The molecule has 1 aliphatic heterocycles. The zero-order valence-corrected chi connectivity index (χ0v) is 11.5. The van der Waals surface area contributed by atoms with Crippen LogP contribution in [0.4, 0.5) is 15.3 Å². The number of carbonyl (C=O) groups is 2. The van der Waals surface area contributed by atoms with Gasteiger partial charge in [-0.05, 0) is 44.7 Å². The molecule has 1 aromatic rings. The van der Waals surface area contributed by atoms with Crippen molar-refractivity contribution < 1.29 is 9.59 Å². The molecule has 0 atom stereocenters. The van der Waals surface area contributed by atoms with Crippen molar-refractivity contribution in [3.8, 4) is 0 Å². The van der Waals surface area contributed by atoms with Crippen molar-refractivity contribution in [1.29, 1.82) is 0 Å². The van der Waals surface area contributed by atoms with Gasteiger partial charge in [-0.1, -0.05) is 18.2 Å². The van der Waals surface area contributed by atoms with E-state index in [2.05, 4.69) is 0 Å². The number of amides is 3. The second kappa shape index (κ2) is 4.65. The summed E-state index contributed by atoms with van der Waals surface area (Å²) in [5, 5.41) is -0.181. The number of hydrogen-bond donors (Lipinski definition) is 0. The summed E-state index contributed by atoms with van der Waals surface area (Å²) in [6.45, 7) is 5.58. The molecule has 96 valence electrons. The van der Waals surface area contributed by atoms with Crippen LogP contribution in [0.3, 0.4) is 0 Å². The van der Waals surface area contributed by atoms with Crippen LogP contribution in [0.2, 0.25) is 0 Å². The number of nitrogens with zero attached hydrogens (tertiary/aromatic N) is 2. The van der Waals surface area contributed by atoms with E-state index in [1.807, 2.05) is 51.1 Å². The molecule has 1 heterocycles. The van der Waals surface area contributed by atoms with Gasteiger partial charge in [0.05, 0.1) is 5.88 Å². The lowest BCUT2D eigenvalue weighted by Crippen LogP contribution is -2.57. The number of urea groups is 1. The number of rotatable bonds is 1. The Morgan fingerprint density at radius 1 is 1.11 bits per heavy atom. The maximum atomic E-state index is 12.4. The zero-order chi connectivity index (χ0) is 13.3. The second-order valence-electron chi connectivity index (χ2n) is 5.09. The van der Waals surface area contributed by atoms with Crippen molar-refractivity contribution in [2.24, 2.45) is 0 Å². The number of imide groups is 1. The van der Waals surface area contributed by atoms with E-state index in [9.17, 15) is 9.59 Å². The van der Waals surface area contributed by atoms with Crippen LogP contribution in [0.25, 0.3) is 0 Å². The third kappa shape index (κ3) is 2.36. The van der Waals surface area contributed by atoms with Gasteiger partial charge in [0.1, 0.15) is 0 Å². The van der Waals surface area contributed by atoms with Crippen LogP contribution < -0.4 is 4.90 Å². The summed E-state index contributed by atoms with van der Waals surface area (Å²) in [6, 6.07) is 9.15. The van der Waals surface area contributed by atoms with Crippen molar-refractivity contribution in [3.05, 3.63) is 30.3 Å². The summed E-state index contributed by atoms with van der Waals surface area (Å²) in [4.78, 5) is 27.2. The summed E-state index contributed by atoms with van der Waals surface area (Å²) in [7, 11) is 0. The Kier molecular flexibility index (Phi) is 3.34. The topological polar surface area (TPSA) is 40.6 Å². The van der Waals surface area contributed by atoms with Crippen LogP contribution in [0.15, 0.2) is 30.3 Å². The quantitative estimate of drug-likeness (QED) is 0.779. The first kappa shape index (κ1) is 13.0. The van der Waals surface area contributed by atoms with E-state index >= 15 is 0 Å². The van der Waals surface area contributed by atoms with Gasteiger partial charge in [-0.2, -0.15) is 0 Å². The van der Waals surface area contributed by atoms with Gasteiger partial charge in [0, 0.05) is 11.2 Å². The highest BCUT2D eigenvalue weighted by Gasteiger charge is 2.40. The molecular weight excluding hydrogens is 248 g/mol. The Hall–Kier alpha value is -1.49. The minimum absolute atomic E-state index is 0.181.